The van der Waals surface area contributed by atoms with E-state index in [1.807, 2.05) is 0 Å². The summed E-state index contributed by atoms with van der Waals surface area (Å²) in [7, 11) is 2.95. The molecule has 0 fully saturated rings. The lowest BCUT2D eigenvalue weighted by molar-refractivity contribution is -0.387. The van der Waals surface area contributed by atoms with Gasteiger partial charge in [0.25, 0.3) is 0 Å². The van der Waals surface area contributed by atoms with Gasteiger partial charge < -0.3 is 0 Å². The number of nitro groups is 1. The molecule has 0 aliphatic heterocycles. The molecule has 10 heteroatoms. The van der Waals surface area contributed by atoms with Crippen LogP contribution in [0.1, 0.15) is 11.3 Å². The van der Waals surface area contributed by atoms with Crippen molar-refractivity contribution in [1.82, 2.24) is 18.9 Å². The highest BCUT2D eigenvalue weighted by Gasteiger charge is 2.21. The summed E-state index contributed by atoms with van der Waals surface area (Å²) in [4.78, 5) is 34.1. The fourth-order valence-corrected chi connectivity index (χ4v) is 2.22. The first kappa shape index (κ1) is 15.0. The summed E-state index contributed by atoms with van der Waals surface area (Å²) in [5.74, 6) is 0. The second-order valence-corrected chi connectivity index (χ2v) is 4.89. The number of hydrogen-bond donors (Lipinski definition) is 0. The number of halogens is 1. The Hall–Kier alpha value is -2.42. The van der Waals surface area contributed by atoms with Gasteiger partial charge in [-0.05, 0) is 6.92 Å². The molecule has 2 heterocycles. The quantitative estimate of drug-likeness (QED) is 0.594. The summed E-state index contributed by atoms with van der Waals surface area (Å²) in [5.41, 5.74) is -1.29. The highest BCUT2D eigenvalue weighted by atomic mass is 35.5. The molecule has 0 saturated heterocycles. The lowest BCUT2D eigenvalue weighted by Gasteiger charge is -2.07. The fraction of sp³-hybridized carbons (Fsp3) is 0.364. The smallest absolute Gasteiger partial charge is 0.297 e. The van der Waals surface area contributed by atoms with Gasteiger partial charge in [-0.2, -0.15) is 5.10 Å². The minimum atomic E-state index is -0.970. The molecule has 0 saturated carbocycles. The summed E-state index contributed by atoms with van der Waals surface area (Å²) in [6.07, 6.45) is 0.902. The van der Waals surface area contributed by atoms with Gasteiger partial charge in [-0.1, -0.05) is 11.6 Å². The zero-order valence-electron chi connectivity index (χ0n) is 11.5. The van der Waals surface area contributed by atoms with Crippen LogP contribution in [0.5, 0.6) is 0 Å². The van der Waals surface area contributed by atoms with Gasteiger partial charge in [0.2, 0.25) is 0 Å². The molecule has 0 unspecified atom stereocenters. The van der Waals surface area contributed by atoms with Crippen LogP contribution in [-0.2, 0) is 20.6 Å². The molecule has 0 aliphatic carbocycles. The van der Waals surface area contributed by atoms with Crippen molar-refractivity contribution < 1.29 is 4.92 Å². The zero-order valence-corrected chi connectivity index (χ0v) is 12.3. The van der Waals surface area contributed by atoms with E-state index in [1.54, 1.807) is 14.0 Å². The Bertz CT molecular complexity index is 848. The molecule has 2 aromatic heterocycles. The van der Waals surface area contributed by atoms with Gasteiger partial charge in [-0.25, -0.2) is 9.36 Å². The molecule has 112 valence electrons. The van der Waals surface area contributed by atoms with Gasteiger partial charge in [-0.15, -0.1) is 0 Å². The van der Waals surface area contributed by atoms with Gasteiger partial charge in [0.05, 0.1) is 23.4 Å². The third-order valence-corrected chi connectivity index (χ3v) is 3.57. The van der Waals surface area contributed by atoms with Crippen molar-refractivity contribution in [2.24, 2.45) is 14.1 Å². The molecule has 0 radical (unpaired) electrons. The van der Waals surface area contributed by atoms with Gasteiger partial charge in [0, 0.05) is 19.7 Å². The van der Waals surface area contributed by atoms with E-state index in [0.717, 1.165) is 15.3 Å². The lowest BCUT2D eigenvalue weighted by Crippen LogP contribution is -2.39. The molecule has 2 rings (SSSR count). The number of aromatic nitrogens is 4. The molecular formula is C11H12ClN5O4. The largest absolute Gasteiger partial charge is 0.350 e. The molecule has 21 heavy (non-hydrogen) atoms. The molecule has 0 aliphatic rings. The second kappa shape index (κ2) is 5.17. The maximum atomic E-state index is 12.1. The average molecular weight is 314 g/mol. The highest BCUT2D eigenvalue weighted by Crippen LogP contribution is 2.18. The third kappa shape index (κ3) is 2.47. The maximum absolute atomic E-state index is 12.1. The topological polar surface area (TPSA) is 105 Å². The van der Waals surface area contributed by atoms with Crippen LogP contribution in [0.2, 0.25) is 5.15 Å². The number of hydrogen-bond acceptors (Lipinski definition) is 5. The van der Waals surface area contributed by atoms with E-state index in [2.05, 4.69) is 5.10 Å². The first-order valence-corrected chi connectivity index (χ1v) is 6.24. The summed E-state index contributed by atoms with van der Waals surface area (Å²) < 4.78 is 3.16. The van der Waals surface area contributed by atoms with Crippen LogP contribution in [0, 0.1) is 17.0 Å². The van der Waals surface area contributed by atoms with Crippen LogP contribution in [0.4, 0.5) is 5.69 Å². The third-order valence-electron chi connectivity index (χ3n) is 3.10. The lowest BCUT2D eigenvalue weighted by atomic mass is 10.2. The minimum absolute atomic E-state index is 0.175. The van der Waals surface area contributed by atoms with Crippen LogP contribution >= 0.6 is 11.6 Å². The van der Waals surface area contributed by atoms with E-state index < -0.39 is 21.9 Å². The number of nitrogens with zero attached hydrogens (tertiary/aromatic N) is 5. The summed E-state index contributed by atoms with van der Waals surface area (Å²) in [6.45, 7) is 1.50. The molecule has 0 bridgehead atoms. The van der Waals surface area contributed by atoms with Crippen molar-refractivity contribution in [1.29, 1.82) is 0 Å². The van der Waals surface area contributed by atoms with E-state index in [0.29, 0.717) is 11.3 Å². The molecule has 0 amide bonds. The molecular weight excluding hydrogens is 302 g/mol. The van der Waals surface area contributed by atoms with E-state index in [4.69, 9.17) is 11.6 Å². The average Bonchev–Trinajstić information content (AvgIpc) is 2.64. The van der Waals surface area contributed by atoms with E-state index >= 15 is 0 Å². The SMILES string of the molecule is Cc1nn(C)c(Cl)c1Cn1c(=O)c([N+](=O)[O-])cn(C)c1=O. The predicted molar refractivity (Wildman–Crippen MR) is 74.7 cm³/mol. The molecule has 0 spiro atoms. The fourth-order valence-electron chi connectivity index (χ4n) is 1.99. The first-order chi connectivity index (χ1) is 9.73. The van der Waals surface area contributed by atoms with Crippen LogP contribution in [0.3, 0.4) is 0 Å². The maximum Gasteiger partial charge on any atom is 0.350 e. The van der Waals surface area contributed by atoms with Crippen molar-refractivity contribution in [3.05, 3.63) is 53.6 Å². The first-order valence-electron chi connectivity index (χ1n) is 5.87. The molecule has 2 aromatic rings. The van der Waals surface area contributed by atoms with Crippen molar-refractivity contribution >= 4 is 17.3 Å². The number of aryl methyl sites for hydroxylation is 3. The highest BCUT2D eigenvalue weighted by molar-refractivity contribution is 6.30. The Morgan fingerprint density at radius 1 is 1.38 bits per heavy atom. The summed E-state index contributed by atoms with van der Waals surface area (Å²) in [5, 5.41) is 15.2. The Morgan fingerprint density at radius 2 is 2.00 bits per heavy atom. The Kier molecular flexibility index (Phi) is 3.69. The normalized spacial score (nSPS) is 10.9. The Morgan fingerprint density at radius 3 is 2.48 bits per heavy atom. The van der Waals surface area contributed by atoms with Crippen LogP contribution in [-0.4, -0.2) is 23.8 Å². The van der Waals surface area contributed by atoms with Crippen LogP contribution < -0.4 is 11.2 Å². The molecule has 9 nitrogen and oxygen atoms in total. The van der Waals surface area contributed by atoms with Crippen molar-refractivity contribution in [3.8, 4) is 0 Å². The van der Waals surface area contributed by atoms with Gasteiger partial charge in [-0.3, -0.25) is 24.2 Å². The predicted octanol–water partition coefficient (Wildman–Crippen LogP) is 0.199. The molecule has 0 N–H and O–H groups in total. The number of rotatable bonds is 3. The van der Waals surface area contributed by atoms with Crippen molar-refractivity contribution in [3.63, 3.8) is 0 Å². The monoisotopic (exact) mass is 313 g/mol. The summed E-state index contributed by atoms with van der Waals surface area (Å²) in [6, 6.07) is 0. The second-order valence-electron chi connectivity index (χ2n) is 4.53. The molecule has 0 atom stereocenters. The van der Waals surface area contributed by atoms with Crippen LogP contribution in [0.15, 0.2) is 15.8 Å². The van der Waals surface area contributed by atoms with Gasteiger partial charge in [0.15, 0.2) is 0 Å². The Balaban J connectivity index is 2.67. The van der Waals surface area contributed by atoms with E-state index in [1.165, 1.54) is 11.7 Å². The minimum Gasteiger partial charge on any atom is -0.297 e. The van der Waals surface area contributed by atoms with E-state index in [-0.39, 0.29) is 11.7 Å². The zero-order chi connectivity index (χ0) is 15.9. The van der Waals surface area contributed by atoms with Gasteiger partial charge in [0.1, 0.15) is 5.15 Å². The molecule has 0 aromatic carbocycles. The van der Waals surface area contributed by atoms with Crippen LogP contribution in [0.25, 0.3) is 0 Å². The van der Waals surface area contributed by atoms with Crippen molar-refractivity contribution in [2.45, 2.75) is 13.5 Å². The summed E-state index contributed by atoms with van der Waals surface area (Å²) >= 11 is 6.05. The van der Waals surface area contributed by atoms with Gasteiger partial charge >= 0.3 is 16.9 Å². The van der Waals surface area contributed by atoms with E-state index in [9.17, 15) is 19.7 Å². The standard InChI is InChI=1S/C11H12ClN5O4/c1-6-7(9(12)15(3)13-6)4-16-10(18)8(17(20)21)5-14(2)11(16)19/h5H,4H2,1-3H3. The van der Waals surface area contributed by atoms with Crippen molar-refractivity contribution in [2.75, 3.05) is 0 Å². The Labute approximate surface area is 123 Å².